The van der Waals surface area contributed by atoms with Gasteiger partial charge in [0.2, 0.25) is 0 Å². The van der Waals surface area contributed by atoms with E-state index in [0.29, 0.717) is 24.8 Å². The van der Waals surface area contributed by atoms with Gasteiger partial charge in [0.25, 0.3) is 0 Å². The van der Waals surface area contributed by atoms with Crippen LogP contribution in [0.5, 0.6) is 5.75 Å². The van der Waals surface area contributed by atoms with E-state index in [-0.39, 0.29) is 28.7 Å². The summed E-state index contributed by atoms with van der Waals surface area (Å²) in [5.74, 6) is 2.13. The van der Waals surface area contributed by atoms with E-state index in [1.165, 1.54) is 0 Å². The maximum atomic E-state index is 12.0. The fourth-order valence-corrected chi connectivity index (χ4v) is 2.72. The molecule has 0 aliphatic rings. The summed E-state index contributed by atoms with van der Waals surface area (Å²) in [6.07, 6.45) is 0. The molecular weight excluding hydrogens is 425 g/mol. The third-order valence-electron chi connectivity index (χ3n) is 3.13. The smallest absolute Gasteiger partial charge is 0.191 e. The Kier molecular flexibility index (Phi) is 10.5. The molecule has 1 aromatic carbocycles. The molecule has 7 heteroatoms. The van der Waals surface area contributed by atoms with E-state index >= 15 is 0 Å². The van der Waals surface area contributed by atoms with E-state index in [9.17, 15) is 4.21 Å². The second-order valence-electron chi connectivity index (χ2n) is 5.83. The molecule has 0 radical (unpaired) electrons. The lowest BCUT2D eigenvalue weighted by Crippen LogP contribution is -2.40. The highest BCUT2D eigenvalue weighted by molar-refractivity contribution is 14.0. The molecule has 1 unspecified atom stereocenters. The van der Waals surface area contributed by atoms with Gasteiger partial charge in [0.05, 0.1) is 7.11 Å². The van der Waals surface area contributed by atoms with Crippen molar-refractivity contribution >= 4 is 40.7 Å². The molecule has 1 rings (SSSR count). The Morgan fingerprint density at radius 1 is 1.26 bits per heavy atom. The van der Waals surface area contributed by atoms with Gasteiger partial charge >= 0.3 is 0 Å². The molecule has 0 aromatic heterocycles. The highest BCUT2D eigenvalue weighted by Crippen LogP contribution is 2.16. The minimum absolute atomic E-state index is 0. The van der Waals surface area contributed by atoms with E-state index in [0.717, 1.165) is 11.3 Å². The summed E-state index contributed by atoms with van der Waals surface area (Å²) in [5.41, 5.74) is 1.06. The van der Waals surface area contributed by atoms with Crippen molar-refractivity contribution < 1.29 is 8.95 Å². The molecule has 0 amide bonds. The first-order valence-corrected chi connectivity index (χ1v) is 8.65. The molecule has 0 bridgehead atoms. The third-order valence-corrected chi connectivity index (χ3v) is 5.07. The lowest BCUT2D eigenvalue weighted by Gasteiger charge is -2.18. The van der Waals surface area contributed by atoms with Crippen molar-refractivity contribution in [2.75, 3.05) is 26.5 Å². The zero-order chi connectivity index (χ0) is 16.6. The lowest BCUT2D eigenvalue weighted by molar-refractivity contribution is 0.409. The normalized spacial score (nSPS) is 13.0. The summed E-state index contributed by atoms with van der Waals surface area (Å²) in [6, 6.07) is 7.85. The molecule has 0 spiro atoms. The second kappa shape index (κ2) is 10.9. The molecule has 0 aliphatic carbocycles. The number of rotatable bonds is 6. The summed E-state index contributed by atoms with van der Waals surface area (Å²) in [4.78, 5) is 4.17. The van der Waals surface area contributed by atoms with Gasteiger partial charge in [-0.05, 0) is 26.8 Å². The van der Waals surface area contributed by atoms with Crippen LogP contribution in [0.1, 0.15) is 26.3 Å². The van der Waals surface area contributed by atoms with E-state index in [1.54, 1.807) is 14.2 Å². The van der Waals surface area contributed by atoms with Crippen LogP contribution in [0.15, 0.2) is 29.3 Å². The van der Waals surface area contributed by atoms with Crippen molar-refractivity contribution in [3.8, 4) is 5.75 Å². The first-order chi connectivity index (χ1) is 10.4. The summed E-state index contributed by atoms with van der Waals surface area (Å²) in [7, 11) is 2.51. The van der Waals surface area contributed by atoms with Gasteiger partial charge in [-0.2, -0.15) is 0 Å². The van der Waals surface area contributed by atoms with Crippen LogP contribution in [0.3, 0.4) is 0 Å². The Balaban J connectivity index is 0.00000484. The van der Waals surface area contributed by atoms with Crippen molar-refractivity contribution in [3.05, 3.63) is 29.8 Å². The summed E-state index contributed by atoms with van der Waals surface area (Å²) < 4.78 is 17.1. The Morgan fingerprint density at radius 3 is 2.48 bits per heavy atom. The van der Waals surface area contributed by atoms with Crippen molar-refractivity contribution in [3.63, 3.8) is 0 Å². The zero-order valence-corrected chi connectivity index (χ0v) is 17.7. The van der Waals surface area contributed by atoms with Crippen molar-refractivity contribution in [2.45, 2.75) is 32.1 Å². The number of para-hydroxylation sites is 1. The standard InChI is InChI=1S/C16H27N3O2S.HI/c1-16(2,3)22(20)11-10-18-15(17-4)19-12-13-8-6-7-9-14(13)21-5;/h6-9H,10-12H2,1-5H3,(H2,17,18,19);1H. The van der Waals surface area contributed by atoms with Crippen LogP contribution in [0.25, 0.3) is 0 Å². The van der Waals surface area contributed by atoms with Gasteiger partial charge in [-0.25, -0.2) is 0 Å². The highest BCUT2D eigenvalue weighted by atomic mass is 127. The molecule has 0 fully saturated rings. The Labute approximate surface area is 159 Å². The molecule has 1 atom stereocenters. The predicted octanol–water partition coefficient (Wildman–Crippen LogP) is 2.53. The van der Waals surface area contributed by atoms with E-state index < -0.39 is 10.8 Å². The number of nitrogens with zero attached hydrogens (tertiary/aromatic N) is 1. The summed E-state index contributed by atoms with van der Waals surface area (Å²) >= 11 is 0. The Bertz CT molecular complexity index is 530. The number of guanidine groups is 1. The molecule has 0 saturated heterocycles. The number of hydrogen-bond donors (Lipinski definition) is 2. The number of ether oxygens (including phenoxy) is 1. The van der Waals surface area contributed by atoms with Gasteiger partial charge in [0.1, 0.15) is 5.75 Å². The highest BCUT2D eigenvalue weighted by Gasteiger charge is 2.18. The fraction of sp³-hybridized carbons (Fsp3) is 0.562. The first kappa shape index (κ1) is 22.2. The van der Waals surface area contributed by atoms with Gasteiger partial charge in [-0.3, -0.25) is 9.20 Å². The molecule has 2 N–H and O–H groups in total. The molecule has 0 heterocycles. The monoisotopic (exact) mass is 453 g/mol. The SMILES string of the molecule is CN=C(NCCS(=O)C(C)(C)C)NCc1ccccc1OC.I. The van der Waals surface area contributed by atoms with Crippen LogP contribution in [-0.2, 0) is 17.3 Å². The largest absolute Gasteiger partial charge is 0.496 e. The summed E-state index contributed by atoms with van der Waals surface area (Å²) in [6.45, 7) is 7.19. The third kappa shape index (κ3) is 8.01. The molecule has 0 saturated carbocycles. The number of nitrogens with one attached hydrogen (secondary N) is 2. The number of methoxy groups -OCH3 is 1. The van der Waals surface area contributed by atoms with Gasteiger partial charge in [0, 0.05) is 47.0 Å². The maximum absolute atomic E-state index is 12.0. The van der Waals surface area contributed by atoms with Crippen molar-refractivity contribution in [1.82, 2.24) is 10.6 Å². The van der Waals surface area contributed by atoms with E-state index in [4.69, 9.17) is 4.74 Å². The first-order valence-electron chi connectivity index (χ1n) is 7.33. The van der Waals surface area contributed by atoms with Crippen LogP contribution in [-0.4, -0.2) is 41.4 Å². The Morgan fingerprint density at radius 2 is 1.91 bits per heavy atom. The molecule has 5 nitrogen and oxygen atoms in total. The maximum Gasteiger partial charge on any atom is 0.191 e. The van der Waals surface area contributed by atoms with Gasteiger partial charge < -0.3 is 15.4 Å². The topological polar surface area (TPSA) is 62.7 Å². The van der Waals surface area contributed by atoms with E-state index in [2.05, 4.69) is 15.6 Å². The lowest BCUT2D eigenvalue weighted by atomic mass is 10.2. The molecular formula is C16H28IN3O2S. The molecule has 23 heavy (non-hydrogen) atoms. The van der Waals surface area contributed by atoms with Crippen molar-refractivity contribution in [1.29, 1.82) is 0 Å². The number of aliphatic imine (C=N–C) groups is 1. The zero-order valence-electron chi connectivity index (χ0n) is 14.5. The average molecular weight is 453 g/mol. The van der Waals surface area contributed by atoms with Gasteiger partial charge in [-0.1, -0.05) is 18.2 Å². The molecule has 0 aliphatic heterocycles. The Hall–Kier alpha value is -0.830. The predicted molar refractivity (Wildman–Crippen MR) is 109 cm³/mol. The van der Waals surface area contributed by atoms with Gasteiger partial charge in [-0.15, -0.1) is 24.0 Å². The van der Waals surface area contributed by atoms with Crippen LogP contribution >= 0.6 is 24.0 Å². The van der Waals surface area contributed by atoms with Crippen LogP contribution < -0.4 is 15.4 Å². The van der Waals surface area contributed by atoms with Crippen molar-refractivity contribution in [2.24, 2.45) is 4.99 Å². The summed E-state index contributed by atoms with van der Waals surface area (Å²) in [5, 5.41) is 6.42. The average Bonchev–Trinajstić information content (AvgIpc) is 2.49. The van der Waals surface area contributed by atoms with Crippen LogP contribution in [0.4, 0.5) is 0 Å². The van der Waals surface area contributed by atoms with Gasteiger partial charge in [0.15, 0.2) is 5.96 Å². The number of halogens is 1. The fourth-order valence-electron chi connectivity index (χ4n) is 1.82. The quantitative estimate of drug-likeness (QED) is 0.395. The molecule has 1 aromatic rings. The number of benzene rings is 1. The van der Waals surface area contributed by atoms with Crippen LogP contribution in [0.2, 0.25) is 0 Å². The van der Waals surface area contributed by atoms with E-state index in [1.807, 2.05) is 45.0 Å². The second-order valence-corrected chi connectivity index (χ2v) is 8.15. The minimum atomic E-state index is -0.866. The molecule has 132 valence electrons. The minimum Gasteiger partial charge on any atom is -0.496 e. The number of hydrogen-bond acceptors (Lipinski definition) is 3. The van der Waals surface area contributed by atoms with Crippen LogP contribution in [0, 0.1) is 0 Å².